The molecule has 0 radical (unpaired) electrons. The standard InChI is InChI=1S/C25H21N3O3/c29-24(27-26-16-8-10-19-9-7-15-22(17-19)28(30)31)23-18-25(23,20-11-3-1-4-12-20)21-13-5-2-6-14-21/h1-17,23H,18H2,(H,27,29)/b10-8+,26-16-/t23-/m1/s1. The van der Waals surface area contributed by atoms with Crippen LogP contribution in [0.5, 0.6) is 0 Å². The van der Waals surface area contributed by atoms with E-state index in [1.807, 2.05) is 36.4 Å². The van der Waals surface area contributed by atoms with Crippen LogP contribution >= 0.6 is 0 Å². The lowest BCUT2D eigenvalue weighted by molar-refractivity contribution is -0.384. The summed E-state index contributed by atoms with van der Waals surface area (Å²) in [5, 5.41) is 14.9. The summed E-state index contributed by atoms with van der Waals surface area (Å²) in [5.41, 5.74) is 5.24. The van der Waals surface area contributed by atoms with Gasteiger partial charge in [0.1, 0.15) is 0 Å². The number of allylic oxidation sites excluding steroid dienone is 1. The molecule has 0 bridgehead atoms. The fraction of sp³-hybridized carbons (Fsp3) is 0.120. The van der Waals surface area contributed by atoms with Crippen molar-refractivity contribution in [3.63, 3.8) is 0 Å². The molecule has 6 nitrogen and oxygen atoms in total. The highest BCUT2D eigenvalue weighted by molar-refractivity contribution is 5.87. The lowest BCUT2D eigenvalue weighted by Crippen LogP contribution is -2.25. The number of carbonyl (C=O) groups is 1. The van der Waals surface area contributed by atoms with E-state index in [1.165, 1.54) is 18.3 Å². The number of carbonyl (C=O) groups excluding carboxylic acids is 1. The molecular formula is C25H21N3O3. The van der Waals surface area contributed by atoms with Gasteiger partial charge in [-0.05, 0) is 29.2 Å². The van der Waals surface area contributed by atoms with Crippen molar-refractivity contribution in [3.05, 3.63) is 118 Å². The Labute approximate surface area is 180 Å². The van der Waals surface area contributed by atoms with E-state index in [0.717, 1.165) is 17.5 Å². The molecule has 6 heteroatoms. The molecule has 154 valence electrons. The first-order valence-electron chi connectivity index (χ1n) is 9.96. The van der Waals surface area contributed by atoms with Gasteiger partial charge in [-0.2, -0.15) is 5.10 Å². The Balaban J connectivity index is 1.43. The second kappa shape index (κ2) is 8.75. The number of hydrogen-bond acceptors (Lipinski definition) is 4. The number of amides is 1. The van der Waals surface area contributed by atoms with Crippen molar-refractivity contribution in [1.29, 1.82) is 0 Å². The van der Waals surface area contributed by atoms with Crippen LogP contribution in [0.3, 0.4) is 0 Å². The monoisotopic (exact) mass is 411 g/mol. The van der Waals surface area contributed by atoms with Gasteiger partial charge in [0.2, 0.25) is 5.91 Å². The summed E-state index contributed by atoms with van der Waals surface area (Å²) in [6.07, 6.45) is 5.52. The Kier molecular flexibility index (Phi) is 5.71. The van der Waals surface area contributed by atoms with Gasteiger partial charge in [-0.25, -0.2) is 5.43 Å². The van der Waals surface area contributed by atoms with Crippen LogP contribution in [-0.4, -0.2) is 17.0 Å². The summed E-state index contributed by atoms with van der Waals surface area (Å²) >= 11 is 0. The zero-order valence-corrected chi connectivity index (χ0v) is 16.7. The average molecular weight is 411 g/mol. The zero-order valence-electron chi connectivity index (χ0n) is 16.7. The predicted molar refractivity (Wildman–Crippen MR) is 121 cm³/mol. The summed E-state index contributed by atoms with van der Waals surface area (Å²) in [6.45, 7) is 0. The van der Waals surface area contributed by atoms with Crippen LogP contribution in [0.4, 0.5) is 5.69 Å². The molecule has 0 aromatic heterocycles. The summed E-state index contributed by atoms with van der Waals surface area (Å²) in [5.74, 6) is -0.331. The van der Waals surface area contributed by atoms with Gasteiger partial charge < -0.3 is 0 Å². The largest absolute Gasteiger partial charge is 0.273 e. The number of non-ortho nitro benzene ring substituents is 1. The highest BCUT2D eigenvalue weighted by Gasteiger charge is 2.60. The van der Waals surface area contributed by atoms with Gasteiger partial charge >= 0.3 is 0 Å². The number of nitro benzene ring substituents is 1. The van der Waals surface area contributed by atoms with Gasteiger partial charge in [-0.1, -0.05) is 78.9 Å². The normalized spacial score (nSPS) is 17.0. The minimum absolute atomic E-state index is 0.0271. The third-order valence-electron chi connectivity index (χ3n) is 5.56. The molecule has 1 N–H and O–H groups in total. The quantitative estimate of drug-likeness (QED) is 0.347. The molecule has 1 aliphatic carbocycles. The second-order valence-electron chi connectivity index (χ2n) is 7.43. The van der Waals surface area contributed by atoms with E-state index < -0.39 is 4.92 Å². The van der Waals surface area contributed by atoms with Crippen LogP contribution in [0.2, 0.25) is 0 Å². The van der Waals surface area contributed by atoms with E-state index in [1.54, 1.807) is 24.3 Å². The van der Waals surface area contributed by atoms with Crippen molar-refractivity contribution < 1.29 is 9.72 Å². The molecule has 4 rings (SSSR count). The SMILES string of the molecule is O=C(N/N=C\C=C\c1cccc([N+](=O)[O-])c1)[C@H]1CC1(c1ccccc1)c1ccccc1. The van der Waals surface area contributed by atoms with Gasteiger partial charge in [0, 0.05) is 23.8 Å². The van der Waals surface area contributed by atoms with E-state index >= 15 is 0 Å². The van der Waals surface area contributed by atoms with Crippen LogP contribution in [0.25, 0.3) is 6.08 Å². The van der Waals surface area contributed by atoms with E-state index in [-0.39, 0.29) is 22.9 Å². The maximum absolute atomic E-state index is 12.8. The first-order chi connectivity index (χ1) is 15.1. The number of hydrogen-bond donors (Lipinski definition) is 1. The Bertz CT molecular complexity index is 1100. The maximum atomic E-state index is 12.8. The van der Waals surface area contributed by atoms with Crippen molar-refractivity contribution in [2.75, 3.05) is 0 Å². The fourth-order valence-corrected chi connectivity index (χ4v) is 3.97. The lowest BCUT2D eigenvalue weighted by Gasteiger charge is -2.18. The number of hydrazone groups is 1. The van der Waals surface area contributed by atoms with Gasteiger partial charge in [-0.3, -0.25) is 14.9 Å². The molecule has 0 aliphatic heterocycles. The summed E-state index contributed by atoms with van der Waals surface area (Å²) in [6, 6.07) is 26.4. The van der Waals surface area contributed by atoms with Gasteiger partial charge in [-0.15, -0.1) is 0 Å². The number of nitrogens with one attached hydrogen (secondary N) is 1. The van der Waals surface area contributed by atoms with Crippen molar-refractivity contribution in [3.8, 4) is 0 Å². The average Bonchev–Trinajstić information content (AvgIpc) is 3.57. The van der Waals surface area contributed by atoms with Crippen LogP contribution < -0.4 is 5.43 Å². The Morgan fingerprint density at radius 2 is 1.65 bits per heavy atom. The summed E-state index contributed by atoms with van der Waals surface area (Å²) in [7, 11) is 0. The molecule has 0 unspecified atom stereocenters. The minimum atomic E-state index is -0.437. The van der Waals surface area contributed by atoms with Crippen LogP contribution in [0.1, 0.15) is 23.1 Å². The van der Waals surface area contributed by atoms with Crippen molar-refractivity contribution in [2.45, 2.75) is 11.8 Å². The van der Waals surface area contributed by atoms with E-state index in [0.29, 0.717) is 5.56 Å². The second-order valence-corrected chi connectivity index (χ2v) is 7.43. The topological polar surface area (TPSA) is 84.6 Å². The molecule has 1 fully saturated rings. The van der Waals surface area contributed by atoms with Crippen molar-refractivity contribution in [1.82, 2.24) is 5.43 Å². The third kappa shape index (κ3) is 4.28. The lowest BCUT2D eigenvalue weighted by atomic mass is 9.85. The highest BCUT2D eigenvalue weighted by atomic mass is 16.6. The molecule has 0 saturated heterocycles. The molecule has 1 amide bonds. The molecule has 1 saturated carbocycles. The number of nitro groups is 1. The highest BCUT2D eigenvalue weighted by Crippen LogP contribution is 2.58. The summed E-state index contributed by atoms with van der Waals surface area (Å²) in [4.78, 5) is 23.2. The number of rotatable bonds is 7. The molecule has 0 spiro atoms. The number of nitrogens with zero attached hydrogens (tertiary/aromatic N) is 2. The third-order valence-corrected chi connectivity index (χ3v) is 5.56. The minimum Gasteiger partial charge on any atom is -0.273 e. The van der Waals surface area contributed by atoms with Crippen LogP contribution in [-0.2, 0) is 10.2 Å². The van der Waals surface area contributed by atoms with Crippen LogP contribution in [0.15, 0.2) is 96.1 Å². The molecule has 1 aliphatic rings. The molecule has 0 heterocycles. The van der Waals surface area contributed by atoms with Gasteiger partial charge in [0.25, 0.3) is 5.69 Å². The van der Waals surface area contributed by atoms with E-state index in [4.69, 9.17) is 0 Å². The van der Waals surface area contributed by atoms with Crippen LogP contribution in [0, 0.1) is 16.0 Å². The Morgan fingerprint density at radius 3 is 2.26 bits per heavy atom. The zero-order chi connectivity index (χ0) is 21.7. The Morgan fingerprint density at radius 1 is 1.00 bits per heavy atom. The fourth-order valence-electron chi connectivity index (χ4n) is 3.97. The number of benzene rings is 3. The van der Waals surface area contributed by atoms with Crippen molar-refractivity contribution in [2.24, 2.45) is 11.0 Å². The van der Waals surface area contributed by atoms with E-state index in [2.05, 4.69) is 34.8 Å². The molecule has 3 aromatic carbocycles. The molecule has 1 atom stereocenters. The molecule has 3 aromatic rings. The molecular weight excluding hydrogens is 390 g/mol. The van der Waals surface area contributed by atoms with Crippen molar-refractivity contribution >= 4 is 23.9 Å². The first kappa shape index (κ1) is 20.2. The van der Waals surface area contributed by atoms with Gasteiger partial charge in [0.15, 0.2) is 0 Å². The van der Waals surface area contributed by atoms with Gasteiger partial charge in [0.05, 0.1) is 10.8 Å². The van der Waals surface area contributed by atoms with E-state index in [9.17, 15) is 14.9 Å². The smallest absolute Gasteiger partial charge is 0.270 e. The first-order valence-corrected chi connectivity index (χ1v) is 9.96. The Hall–Kier alpha value is -4.06. The maximum Gasteiger partial charge on any atom is 0.270 e. The predicted octanol–water partition coefficient (Wildman–Crippen LogP) is 4.72. The summed E-state index contributed by atoms with van der Waals surface area (Å²) < 4.78 is 0. The molecule has 31 heavy (non-hydrogen) atoms.